The molecule has 2 aromatic rings. The Labute approximate surface area is 153 Å². The normalized spacial score (nSPS) is 14.6. The lowest BCUT2D eigenvalue weighted by molar-refractivity contribution is -0.117. The molecule has 1 amide bonds. The number of anilines is 2. The molecule has 1 N–H and O–H groups in total. The summed E-state index contributed by atoms with van der Waals surface area (Å²) in [5, 5.41) is 0. The summed E-state index contributed by atoms with van der Waals surface area (Å²) in [5.74, 6) is 0.724. The van der Waals surface area contributed by atoms with Crippen LogP contribution in [0.3, 0.4) is 0 Å². The SMILES string of the molecule is COc1cc(C)c(S(=O)(=O)Nc2ccc(N3CCCC3=O)cc2)c(C)c1. The number of rotatable bonds is 5. The smallest absolute Gasteiger partial charge is 0.262 e. The van der Waals surface area contributed by atoms with E-state index in [4.69, 9.17) is 4.74 Å². The summed E-state index contributed by atoms with van der Waals surface area (Å²) in [4.78, 5) is 13.8. The molecule has 1 aliphatic heterocycles. The van der Waals surface area contributed by atoms with Crippen LogP contribution in [0.2, 0.25) is 0 Å². The standard InChI is InChI=1S/C19H22N2O4S/c1-13-11-17(25-3)12-14(2)19(13)26(23,24)20-15-6-8-16(9-7-15)21-10-4-5-18(21)22/h6-9,11-12,20H,4-5,10H2,1-3H3. The summed E-state index contributed by atoms with van der Waals surface area (Å²) in [6.07, 6.45) is 1.41. The van der Waals surface area contributed by atoms with Crippen LogP contribution in [0.4, 0.5) is 11.4 Å². The van der Waals surface area contributed by atoms with Gasteiger partial charge < -0.3 is 9.64 Å². The van der Waals surface area contributed by atoms with Gasteiger partial charge in [-0.3, -0.25) is 9.52 Å². The second kappa shape index (κ2) is 6.99. The van der Waals surface area contributed by atoms with Crippen LogP contribution in [0.15, 0.2) is 41.3 Å². The summed E-state index contributed by atoms with van der Waals surface area (Å²) < 4.78 is 33.4. The summed E-state index contributed by atoms with van der Waals surface area (Å²) in [6, 6.07) is 10.3. The summed E-state index contributed by atoms with van der Waals surface area (Å²) in [6.45, 7) is 4.19. The minimum Gasteiger partial charge on any atom is -0.497 e. The quantitative estimate of drug-likeness (QED) is 0.872. The van der Waals surface area contributed by atoms with Crippen LogP contribution in [0.25, 0.3) is 0 Å². The van der Waals surface area contributed by atoms with Crippen LogP contribution >= 0.6 is 0 Å². The molecule has 138 valence electrons. The second-order valence-electron chi connectivity index (χ2n) is 6.39. The summed E-state index contributed by atoms with van der Waals surface area (Å²) >= 11 is 0. The molecule has 0 unspecified atom stereocenters. The Morgan fingerprint density at radius 1 is 1.08 bits per heavy atom. The van der Waals surface area contributed by atoms with Crippen molar-refractivity contribution in [3.05, 3.63) is 47.5 Å². The van der Waals surface area contributed by atoms with Crippen molar-refractivity contribution >= 4 is 27.3 Å². The molecule has 0 spiro atoms. The first kappa shape index (κ1) is 18.3. The van der Waals surface area contributed by atoms with Crippen molar-refractivity contribution in [2.75, 3.05) is 23.3 Å². The zero-order valence-electron chi connectivity index (χ0n) is 15.1. The van der Waals surface area contributed by atoms with Gasteiger partial charge in [0.15, 0.2) is 0 Å². The number of hydrogen-bond acceptors (Lipinski definition) is 4. The minimum atomic E-state index is -3.73. The molecule has 2 aromatic carbocycles. The van der Waals surface area contributed by atoms with Gasteiger partial charge in [0, 0.05) is 24.3 Å². The van der Waals surface area contributed by atoms with Gasteiger partial charge in [-0.1, -0.05) is 0 Å². The van der Waals surface area contributed by atoms with E-state index in [9.17, 15) is 13.2 Å². The van der Waals surface area contributed by atoms with Crippen molar-refractivity contribution in [3.8, 4) is 5.75 Å². The number of methoxy groups -OCH3 is 1. The predicted molar refractivity (Wildman–Crippen MR) is 101 cm³/mol. The molecule has 1 heterocycles. The average molecular weight is 374 g/mol. The molecule has 0 aromatic heterocycles. The highest BCUT2D eigenvalue weighted by Crippen LogP contribution is 2.28. The van der Waals surface area contributed by atoms with Crippen molar-refractivity contribution in [1.29, 1.82) is 0 Å². The number of nitrogens with zero attached hydrogens (tertiary/aromatic N) is 1. The number of amides is 1. The van der Waals surface area contributed by atoms with Gasteiger partial charge in [0.25, 0.3) is 10.0 Å². The molecule has 0 bridgehead atoms. The number of benzene rings is 2. The first-order valence-corrected chi connectivity index (χ1v) is 9.88. The molecule has 0 aliphatic carbocycles. The third kappa shape index (κ3) is 3.53. The molecule has 0 radical (unpaired) electrons. The molecule has 6 nitrogen and oxygen atoms in total. The first-order chi connectivity index (χ1) is 12.3. The van der Waals surface area contributed by atoms with Gasteiger partial charge in [0.05, 0.1) is 12.0 Å². The van der Waals surface area contributed by atoms with Gasteiger partial charge in [0.1, 0.15) is 5.75 Å². The van der Waals surface area contributed by atoms with Gasteiger partial charge in [-0.2, -0.15) is 0 Å². The van der Waals surface area contributed by atoms with Crippen molar-refractivity contribution in [1.82, 2.24) is 0 Å². The third-order valence-electron chi connectivity index (χ3n) is 4.44. The van der Waals surface area contributed by atoms with Gasteiger partial charge in [-0.25, -0.2) is 8.42 Å². The number of hydrogen-bond donors (Lipinski definition) is 1. The maximum absolute atomic E-state index is 12.8. The van der Waals surface area contributed by atoms with Crippen molar-refractivity contribution in [3.63, 3.8) is 0 Å². The van der Waals surface area contributed by atoms with E-state index in [1.54, 1.807) is 62.3 Å². The number of nitrogens with one attached hydrogen (secondary N) is 1. The van der Waals surface area contributed by atoms with E-state index >= 15 is 0 Å². The fraction of sp³-hybridized carbons (Fsp3) is 0.316. The van der Waals surface area contributed by atoms with Crippen molar-refractivity contribution < 1.29 is 17.9 Å². The number of carbonyl (C=O) groups excluding carboxylic acids is 1. The maximum atomic E-state index is 12.8. The van der Waals surface area contributed by atoms with Crippen molar-refractivity contribution in [2.45, 2.75) is 31.6 Å². The molecule has 7 heteroatoms. The van der Waals surface area contributed by atoms with E-state index in [0.29, 0.717) is 35.5 Å². The average Bonchev–Trinajstić information content (AvgIpc) is 3.00. The van der Waals surface area contributed by atoms with Gasteiger partial charge in [-0.15, -0.1) is 0 Å². The van der Waals surface area contributed by atoms with E-state index in [1.807, 2.05) is 0 Å². The van der Waals surface area contributed by atoms with Crippen LogP contribution in [-0.4, -0.2) is 28.0 Å². The van der Waals surface area contributed by atoms with Crippen LogP contribution in [0, 0.1) is 13.8 Å². The molecule has 0 saturated carbocycles. The number of sulfonamides is 1. The van der Waals surface area contributed by atoms with E-state index in [2.05, 4.69) is 4.72 Å². The number of ether oxygens (including phenoxy) is 1. The second-order valence-corrected chi connectivity index (χ2v) is 8.01. The molecule has 1 saturated heterocycles. The molecular weight excluding hydrogens is 352 g/mol. The number of carbonyl (C=O) groups is 1. The number of aryl methyl sites for hydroxylation is 2. The Kier molecular flexibility index (Phi) is 4.91. The van der Waals surface area contributed by atoms with Crippen LogP contribution in [0.1, 0.15) is 24.0 Å². The van der Waals surface area contributed by atoms with Gasteiger partial charge in [-0.05, 0) is 67.8 Å². The summed E-state index contributed by atoms with van der Waals surface area (Å²) in [5.41, 5.74) is 2.48. The fourth-order valence-corrected chi connectivity index (χ4v) is 4.80. The molecule has 1 fully saturated rings. The Morgan fingerprint density at radius 2 is 1.69 bits per heavy atom. The Hall–Kier alpha value is -2.54. The molecular formula is C19H22N2O4S. The topological polar surface area (TPSA) is 75.7 Å². The van der Waals surface area contributed by atoms with Crippen molar-refractivity contribution in [2.24, 2.45) is 0 Å². The highest BCUT2D eigenvalue weighted by Gasteiger charge is 2.23. The van der Waals surface area contributed by atoms with Crippen LogP contribution < -0.4 is 14.4 Å². The van der Waals surface area contributed by atoms with E-state index in [1.165, 1.54) is 0 Å². The van der Waals surface area contributed by atoms with E-state index in [-0.39, 0.29) is 10.8 Å². The minimum absolute atomic E-state index is 0.0998. The zero-order valence-corrected chi connectivity index (χ0v) is 15.9. The molecule has 1 aliphatic rings. The van der Waals surface area contributed by atoms with Crippen LogP contribution in [0.5, 0.6) is 5.75 Å². The zero-order chi connectivity index (χ0) is 18.9. The summed E-state index contributed by atoms with van der Waals surface area (Å²) in [7, 11) is -2.18. The van der Waals surface area contributed by atoms with E-state index < -0.39 is 10.0 Å². The third-order valence-corrected chi connectivity index (χ3v) is 6.13. The lowest BCUT2D eigenvalue weighted by atomic mass is 10.1. The molecule has 0 atom stereocenters. The fourth-order valence-electron chi connectivity index (χ4n) is 3.29. The Balaban J connectivity index is 1.85. The van der Waals surface area contributed by atoms with Gasteiger partial charge in [0.2, 0.25) is 5.91 Å². The molecule has 26 heavy (non-hydrogen) atoms. The first-order valence-electron chi connectivity index (χ1n) is 8.40. The lowest BCUT2D eigenvalue weighted by Crippen LogP contribution is -2.23. The monoisotopic (exact) mass is 374 g/mol. The highest BCUT2D eigenvalue weighted by molar-refractivity contribution is 7.92. The van der Waals surface area contributed by atoms with Gasteiger partial charge >= 0.3 is 0 Å². The largest absolute Gasteiger partial charge is 0.497 e. The maximum Gasteiger partial charge on any atom is 0.262 e. The Morgan fingerprint density at radius 3 is 2.19 bits per heavy atom. The predicted octanol–water partition coefficient (Wildman–Crippen LogP) is 3.24. The van der Waals surface area contributed by atoms with Crippen LogP contribution in [-0.2, 0) is 14.8 Å². The lowest BCUT2D eigenvalue weighted by Gasteiger charge is -2.17. The highest BCUT2D eigenvalue weighted by atomic mass is 32.2. The van der Waals surface area contributed by atoms with E-state index in [0.717, 1.165) is 12.1 Å². The molecule has 3 rings (SSSR count). The Bertz CT molecular complexity index is 914.